The standard InChI is InChI=1S/C44H46N2O3.H2O4S/c1-34-42-30-41(49-33-37-14-8-5-9-15-37)24-25-43(42)46(44(34)38-18-22-40(23-19-38)48-32-36-12-6-4-7-13-36)31-35-16-20-39(21-17-35)47-29-28-45-26-10-2-3-11-27-45;1-5(2,3)4/h4-9,12-25,30H,2-3,10-11,26-29,31-33H2,1H3;(H2,1,2,3,4). The van der Waals surface area contributed by atoms with Crippen molar-refractivity contribution in [1.82, 2.24) is 9.47 Å². The van der Waals surface area contributed by atoms with Crippen LogP contribution in [0.2, 0.25) is 0 Å². The van der Waals surface area contributed by atoms with E-state index in [1.54, 1.807) is 0 Å². The van der Waals surface area contributed by atoms with E-state index in [9.17, 15) is 0 Å². The number of rotatable bonds is 13. The molecule has 1 aliphatic rings. The fourth-order valence-corrected chi connectivity index (χ4v) is 6.84. The summed E-state index contributed by atoms with van der Waals surface area (Å²) in [4.78, 5) is 2.54. The zero-order valence-electron chi connectivity index (χ0n) is 30.6. The molecule has 5 aromatic carbocycles. The molecular weight excluding hydrogens is 701 g/mol. The summed E-state index contributed by atoms with van der Waals surface area (Å²) in [6.45, 7) is 8.15. The molecule has 7 rings (SSSR count). The molecule has 10 heteroatoms. The maximum absolute atomic E-state index is 8.74. The van der Waals surface area contributed by atoms with E-state index in [1.807, 2.05) is 36.4 Å². The first-order valence-electron chi connectivity index (χ1n) is 18.4. The van der Waals surface area contributed by atoms with Crippen molar-refractivity contribution in [2.75, 3.05) is 26.2 Å². The SMILES string of the molecule is Cc1c(-c2ccc(OCc3ccccc3)cc2)n(Cc2ccc(OCCN3CCCCCC3)cc2)c2ccc(OCc3ccccc3)cc12.O=S(=O)(O)O. The van der Waals surface area contributed by atoms with Gasteiger partial charge >= 0.3 is 10.4 Å². The highest BCUT2D eigenvalue weighted by Gasteiger charge is 2.18. The molecule has 0 amide bonds. The van der Waals surface area contributed by atoms with Crippen LogP contribution in [0.3, 0.4) is 0 Å². The predicted molar refractivity (Wildman–Crippen MR) is 214 cm³/mol. The third kappa shape index (κ3) is 11.4. The van der Waals surface area contributed by atoms with E-state index in [0.29, 0.717) is 13.2 Å². The third-order valence-corrected chi connectivity index (χ3v) is 9.55. The van der Waals surface area contributed by atoms with E-state index >= 15 is 0 Å². The smallest absolute Gasteiger partial charge is 0.394 e. The largest absolute Gasteiger partial charge is 0.492 e. The van der Waals surface area contributed by atoms with Gasteiger partial charge in [0.1, 0.15) is 37.1 Å². The van der Waals surface area contributed by atoms with E-state index in [0.717, 1.165) is 53.6 Å². The molecule has 282 valence electrons. The highest BCUT2D eigenvalue weighted by atomic mass is 32.3. The van der Waals surface area contributed by atoms with Crippen LogP contribution in [0.4, 0.5) is 0 Å². The minimum absolute atomic E-state index is 0.538. The molecule has 1 fully saturated rings. The summed E-state index contributed by atoms with van der Waals surface area (Å²) in [6.07, 6.45) is 5.32. The lowest BCUT2D eigenvalue weighted by Gasteiger charge is -2.19. The van der Waals surface area contributed by atoms with E-state index in [4.69, 9.17) is 31.7 Å². The first-order chi connectivity index (χ1) is 26.2. The molecule has 0 aliphatic carbocycles. The van der Waals surface area contributed by atoms with Gasteiger partial charge in [-0.15, -0.1) is 0 Å². The highest BCUT2D eigenvalue weighted by Crippen LogP contribution is 2.37. The Morgan fingerprint density at radius 1 is 0.611 bits per heavy atom. The maximum atomic E-state index is 8.74. The van der Waals surface area contributed by atoms with Crippen LogP contribution in [0, 0.1) is 6.92 Å². The lowest BCUT2D eigenvalue weighted by molar-refractivity contribution is 0.214. The van der Waals surface area contributed by atoms with Crippen LogP contribution in [-0.2, 0) is 30.2 Å². The number of nitrogens with zero attached hydrogens (tertiary/aromatic N) is 2. The molecule has 1 aromatic heterocycles. The average Bonchev–Trinajstić information content (AvgIpc) is 3.30. The van der Waals surface area contributed by atoms with Crippen molar-refractivity contribution in [1.29, 1.82) is 0 Å². The molecular formula is C44H48N2O7S. The summed E-state index contributed by atoms with van der Waals surface area (Å²) in [5.41, 5.74) is 8.30. The zero-order valence-corrected chi connectivity index (χ0v) is 31.5. The molecule has 0 radical (unpaired) electrons. The average molecular weight is 749 g/mol. The first-order valence-corrected chi connectivity index (χ1v) is 19.8. The highest BCUT2D eigenvalue weighted by molar-refractivity contribution is 7.79. The number of ether oxygens (including phenoxy) is 3. The van der Waals surface area contributed by atoms with E-state index in [-0.39, 0.29) is 0 Å². The lowest BCUT2D eigenvalue weighted by atomic mass is 10.1. The molecule has 9 nitrogen and oxygen atoms in total. The van der Waals surface area contributed by atoms with E-state index < -0.39 is 10.4 Å². The van der Waals surface area contributed by atoms with Crippen molar-refractivity contribution in [3.05, 3.63) is 150 Å². The minimum atomic E-state index is -4.67. The fraction of sp³-hybridized carbons (Fsp3) is 0.273. The Balaban J connectivity index is 0.000000934. The number of likely N-dealkylation sites (tertiary alicyclic amines) is 1. The number of hydrogen-bond donors (Lipinski definition) is 2. The van der Waals surface area contributed by atoms with Crippen molar-refractivity contribution in [2.24, 2.45) is 0 Å². The van der Waals surface area contributed by atoms with Gasteiger partial charge in [0.15, 0.2) is 0 Å². The monoisotopic (exact) mass is 748 g/mol. The zero-order chi connectivity index (χ0) is 37.8. The van der Waals surface area contributed by atoms with E-state index in [1.165, 1.54) is 66.5 Å². The van der Waals surface area contributed by atoms with Crippen LogP contribution < -0.4 is 14.2 Å². The molecule has 0 saturated carbocycles. The Labute approximate surface area is 318 Å². The molecule has 6 aromatic rings. The van der Waals surface area contributed by atoms with Crippen molar-refractivity contribution in [3.63, 3.8) is 0 Å². The summed E-state index contributed by atoms with van der Waals surface area (Å²) in [5.74, 6) is 2.66. The van der Waals surface area contributed by atoms with Crippen LogP contribution in [-0.4, -0.2) is 53.2 Å². The second-order valence-electron chi connectivity index (χ2n) is 13.5. The third-order valence-electron chi connectivity index (χ3n) is 9.55. The molecule has 0 unspecified atom stereocenters. The van der Waals surface area contributed by atoms with Gasteiger partial charge < -0.3 is 18.8 Å². The number of benzene rings is 5. The second-order valence-corrected chi connectivity index (χ2v) is 14.4. The summed E-state index contributed by atoms with van der Waals surface area (Å²) in [7, 11) is -4.67. The van der Waals surface area contributed by atoms with Crippen LogP contribution in [0.1, 0.15) is 47.9 Å². The topological polar surface area (TPSA) is 110 Å². The quantitative estimate of drug-likeness (QED) is 0.113. The summed E-state index contributed by atoms with van der Waals surface area (Å²) in [5, 5.41) is 1.19. The van der Waals surface area contributed by atoms with Crippen molar-refractivity contribution in [2.45, 2.75) is 52.4 Å². The van der Waals surface area contributed by atoms with Crippen molar-refractivity contribution < 1.29 is 31.7 Å². The van der Waals surface area contributed by atoms with Crippen LogP contribution in [0.25, 0.3) is 22.2 Å². The summed E-state index contributed by atoms with van der Waals surface area (Å²) < 4.78 is 52.6. The number of aryl methyl sites for hydroxylation is 1. The summed E-state index contributed by atoms with van der Waals surface area (Å²) >= 11 is 0. The number of aromatic nitrogens is 1. The summed E-state index contributed by atoms with van der Waals surface area (Å²) in [6, 6.07) is 44.2. The normalized spacial score (nSPS) is 13.5. The van der Waals surface area contributed by atoms with Gasteiger partial charge in [-0.2, -0.15) is 8.42 Å². The van der Waals surface area contributed by atoms with Gasteiger partial charge in [0.2, 0.25) is 0 Å². The first kappa shape index (κ1) is 38.6. The van der Waals surface area contributed by atoms with Crippen LogP contribution >= 0.6 is 0 Å². The Bertz CT molecular complexity index is 2150. The van der Waals surface area contributed by atoms with Gasteiger partial charge in [-0.1, -0.05) is 85.6 Å². The molecule has 2 N–H and O–H groups in total. The lowest BCUT2D eigenvalue weighted by Crippen LogP contribution is -2.29. The maximum Gasteiger partial charge on any atom is 0.394 e. The van der Waals surface area contributed by atoms with Gasteiger partial charge in [0.05, 0.1) is 5.69 Å². The number of hydrogen-bond acceptors (Lipinski definition) is 6. The molecule has 1 aliphatic heterocycles. The van der Waals surface area contributed by atoms with E-state index in [2.05, 4.69) is 107 Å². The molecule has 0 spiro atoms. The van der Waals surface area contributed by atoms with Gasteiger partial charge in [0, 0.05) is 24.0 Å². The Morgan fingerprint density at radius 3 is 1.72 bits per heavy atom. The van der Waals surface area contributed by atoms with Crippen molar-refractivity contribution in [3.8, 4) is 28.5 Å². The van der Waals surface area contributed by atoms with Crippen LogP contribution in [0.15, 0.2) is 127 Å². The minimum Gasteiger partial charge on any atom is -0.492 e. The molecule has 54 heavy (non-hydrogen) atoms. The van der Waals surface area contributed by atoms with Crippen LogP contribution in [0.5, 0.6) is 17.2 Å². The molecule has 0 atom stereocenters. The van der Waals surface area contributed by atoms with Crippen molar-refractivity contribution >= 4 is 21.3 Å². The Hall–Kier alpha value is -5.13. The van der Waals surface area contributed by atoms with Gasteiger partial charge in [-0.3, -0.25) is 14.0 Å². The van der Waals surface area contributed by atoms with Gasteiger partial charge in [-0.25, -0.2) is 0 Å². The predicted octanol–water partition coefficient (Wildman–Crippen LogP) is 9.43. The van der Waals surface area contributed by atoms with Gasteiger partial charge in [-0.05, 0) is 115 Å². The fourth-order valence-electron chi connectivity index (χ4n) is 6.84. The number of fused-ring (bicyclic) bond motifs is 1. The molecule has 2 heterocycles. The Morgan fingerprint density at radius 2 is 1.13 bits per heavy atom. The molecule has 0 bridgehead atoms. The second kappa shape index (κ2) is 18.8. The Kier molecular flexibility index (Phi) is 13.4. The molecule has 1 saturated heterocycles. The van der Waals surface area contributed by atoms with Gasteiger partial charge in [0.25, 0.3) is 0 Å².